The molecular weight excluding hydrogens is 290 g/mol. The summed E-state index contributed by atoms with van der Waals surface area (Å²) in [6.07, 6.45) is -0.359. The molecule has 0 saturated heterocycles. The maximum absolute atomic E-state index is 13.8. The molecule has 0 unspecified atom stereocenters. The Kier molecular flexibility index (Phi) is 3.65. The summed E-state index contributed by atoms with van der Waals surface area (Å²) in [4.78, 5) is 0. The van der Waals surface area contributed by atoms with Gasteiger partial charge in [-0.25, -0.2) is 8.78 Å². The molecule has 0 radical (unpaired) electrons. The van der Waals surface area contributed by atoms with Crippen LogP contribution < -0.4 is 15.2 Å². The van der Waals surface area contributed by atoms with Crippen LogP contribution in [-0.4, -0.2) is 19.3 Å². The molecule has 22 heavy (non-hydrogen) atoms. The molecule has 2 aromatic carbocycles. The first kappa shape index (κ1) is 14.3. The Morgan fingerprint density at radius 1 is 1.18 bits per heavy atom. The minimum Gasteiger partial charge on any atom is -0.486 e. The van der Waals surface area contributed by atoms with E-state index in [1.54, 1.807) is 0 Å². The topological polar surface area (TPSA) is 68.3 Å². The zero-order valence-corrected chi connectivity index (χ0v) is 11.5. The summed E-state index contributed by atoms with van der Waals surface area (Å²) < 4.78 is 38.3. The van der Waals surface area contributed by atoms with Crippen molar-refractivity contribution in [2.45, 2.75) is 6.10 Å². The lowest BCUT2D eigenvalue weighted by Crippen LogP contribution is -2.36. The quantitative estimate of drug-likeness (QED) is 0.926. The average molecular weight is 302 g/mol. The SMILES string of the molecule is N#Cc1cc(F)ccc1-c1cc(F)cc2c1O[C@@H](CN)CO2. The minimum atomic E-state index is -0.539. The Morgan fingerprint density at radius 2 is 2.00 bits per heavy atom. The van der Waals surface area contributed by atoms with E-state index < -0.39 is 11.6 Å². The van der Waals surface area contributed by atoms with Gasteiger partial charge in [0.25, 0.3) is 0 Å². The normalized spacial score (nSPS) is 16.2. The van der Waals surface area contributed by atoms with Crippen molar-refractivity contribution in [3.8, 4) is 28.7 Å². The molecule has 112 valence electrons. The second kappa shape index (κ2) is 5.62. The van der Waals surface area contributed by atoms with Crippen LogP contribution in [0, 0.1) is 23.0 Å². The highest BCUT2D eigenvalue weighted by molar-refractivity contribution is 5.78. The van der Waals surface area contributed by atoms with Crippen molar-refractivity contribution in [3.63, 3.8) is 0 Å². The van der Waals surface area contributed by atoms with E-state index in [0.29, 0.717) is 16.9 Å². The summed E-state index contributed by atoms with van der Waals surface area (Å²) >= 11 is 0. The fourth-order valence-corrected chi connectivity index (χ4v) is 2.34. The van der Waals surface area contributed by atoms with Crippen LogP contribution >= 0.6 is 0 Å². The lowest BCUT2D eigenvalue weighted by molar-refractivity contribution is 0.0971. The monoisotopic (exact) mass is 302 g/mol. The largest absolute Gasteiger partial charge is 0.486 e. The van der Waals surface area contributed by atoms with Crippen molar-refractivity contribution >= 4 is 0 Å². The Labute approximate surface area is 125 Å². The van der Waals surface area contributed by atoms with Crippen molar-refractivity contribution in [1.82, 2.24) is 0 Å². The van der Waals surface area contributed by atoms with Crippen molar-refractivity contribution in [3.05, 3.63) is 47.5 Å². The lowest BCUT2D eigenvalue weighted by Gasteiger charge is -2.27. The minimum absolute atomic E-state index is 0.0891. The van der Waals surface area contributed by atoms with Crippen molar-refractivity contribution in [1.29, 1.82) is 5.26 Å². The van der Waals surface area contributed by atoms with E-state index in [0.717, 1.165) is 6.07 Å². The summed E-state index contributed by atoms with van der Waals surface area (Å²) in [5.74, 6) is -0.515. The van der Waals surface area contributed by atoms with Gasteiger partial charge < -0.3 is 15.2 Å². The van der Waals surface area contributed by atoms with Crippen molar-refractivity contribution in [2.24, 2.45) is 5.73 Å². The van der Waals surface area contributed by atoms with Crippen LogP contribution in [0.2, 0.25) is 0 Å². The Bertz CT molecular complexity index is 771. The molecule has 4 nitrogen and oxygen atoms in total. The first-order valence-electron chi connectivity index (χ1n) is 6.65. The van der Waals surface area contributed by atoms with Crippen molar-refractivity contribution in [2.75, 3.05) is 13.2 Å². The maximum Gasteiger partial charge on any atom is 0.169 e. The van der Waals surface area contributed by atoms with Crippen LogP contribution in [0.3, 0.4) is 0 Å². The predicted molar refractivity (Wildman–Crippen MR) is 75.5 cm³/mol. The molecule has 0 aromatic heterocycles. The smallest absolute Gasteiger partial charge is 0.169 e. The summed E-state index contributed by atoms with van der Waals surface area (Å²) in [6.45, 7) is 0.464. The highest BCUT2D eigenvalue weighted by Crippen LogP contribution is 2.42. The molecule has 1 aliphatic rings. The van der Waals surface area contributed by atoms with E-state index in [9.17, 15) is 14.0 Å². The first-order valence-corrected chi connectivity index (χ1v) is 6.65. The lowest BCUT2D eigenvalue weighted by atomic mass is 9.98. The maximum atomic E-state index is 13.8. The second-order valence-corrected chi connectivity index (χ2v) is 4.87. The van der Waals surface area contributed by atoms with Gasteiger partial charge in [0.05, 0.1) is 11.6 Å². The van der Waals surface area contributed by atoms with Gasteiger partial charge in [0, 0.05) is 23.7 Å². The fraction of sp³-hybridized carbons (Fsp3) is 0.188. The van der Waals surface area contributed by atoms with E-state index in [2.05, 4.69) is 0 Å². The first-order chi connectivity index (χ1) is 10.6. The van der Waals surface area contributed by atoms with Gasteiger partial charge in [0.15, 0.2) is 11.5 Å². The van der Waals surface area contributed by atoms with Gasteiger partial charge >= 0.3 is 0 Å². The molecule has 1 heterocycles. The molecule has 0 saturated carbocycles. The number of benzene rings is 2. The van der Waals surface area contributed by atoms with Crippen LogP contribution in [-0.2, 0) is 0 Å². The van der Waals surface area contributed by atoms with Gasteiger partial charge in [0.1, 0.15) is 24.3 Å². The summed E-state index contributed by atoms with van der Waals surface area (Å²) in [5, 5.41) is 9.17. The third-order valence-corrected chi connectivity index (χ3v) is 3.38. The van der Waals surface area contributed by atoms with E-state index in [4.69, 9.17) is 15.2 Å². The molecule has 1 aliphatic heterocycles. The van der Waals surface area contributed by atoms with Crippen LogP contribution in [0.15, 0.2) is 30.3 Å². The number of hydrogen-bond donors (Lipinski definition) is 1. The summed E-state index contributed by atoms with van der Waals surface area (Å²) in [6, 6.07) is 8.06. The molecule has 0 fully saturated rings. The number of ether oxygens (including phenoxy) is 2. The van der Waals surface area contributed by atoms with Crippen LogP contribution in [0.25, 0.3) is 11.1 Å². The number of rotatable bonds is 2. The molecule has 1 atom stereocenters. The number of nitrogens with two attached hydrogens (primary N) is 1. The van der Waals surface area contributed by atoms with Gasteiger partial charge in [-0.3, -0.25) is 0 Å². The van der Waals surface area contributed by atoms with E-state index >= 15 is 0 Å². The number of halogens is 2. The molecule has 3 rings (SSSR count). The molecule has 0 amide bonds. The highest BCUT2D eigenvalue weighted by Gasteiger charge is 2.25. The summed E-state index contributed by atoms with van der Waals surface area (Å²) in [5.41, 5.74) is 6.38. The fourth-order valence-electron chi connectivity index (χ4n) is 2.34. The Balaban J connectivity index is 2.20. The molecule has 6 heteroatoms. The molecule has 2 N–H and O–H groups in total. The van der Waals surface area contributed by atoms with Gasteiger partial charge in [-0.2, -0.15) is 5.26 Å². The van der Waals surface area contributed by atoms with Gasteiger partial charge in [-0.05, 0) is 24.3 Å². The van der Waals surface area contributed by atoms with Gasteiger partial charge in [0.2, 0.25) is 0 Å². The van der Waals surface area contributed by atoms with E-state index in [1.807, 2.05) is 6.07 Å². The predicted octanol–water partition coefficient (Wildman–Crippen LogP) is 2.60. The molecule has 0 spiro atoms. The van der Waals surface area contributed by atoms with E-state index in [-0.39, 0.29) is 30.6 Å². The molecule has 2 aromatic rings. The zero-order valence-electron chi connectivity index (χ0n) is 11.5. The standard InChI is InChI=1S/C16H12F2N2O2/c17-10-1-2-13(9(3-10)6-19)14-4-11(18)5-15-16(14)22-12(7-20)8-21-15/h1-5,12H,7-8,20H2/t12-/m0/s1. The molecule has 0 aliphatic carbocycles. The van der Waals surface area contributed by atoms with E-state index in [1.165, 1.54) is 24.3 Å². The molecular formula is C16H12F2N2O2. The Morgan fingerprint density at radius 3 is 2.73 bits per heavy atom. The number of nitrogens with zero attached hydrogens (tertiary/aromatic N) is 1. The summed E-state index contributed by atoms with van der Waals surface area (Å²) in [7, 11) is 0. The van der Waals surface area contributed by atoms with Gasteiger partial charge in [-0.1, -0.05) is 0 Å². The van der Waals surface area contributed by atoms with Gasteiger partial charge in [-0.15, -0.1) is 0 Å². The highest BCUT2D eigenvalue weighted by atomic mass is 19.1. The molecule has 0 bridgehead atoms. The van der Waals surface area contributed by atoms with Crippen LogP contribution in [0.4, 0.5) is 8.78 Å². The second-order valence-electron chi connectivity index (χ2n) is 4.87. The third-order valence-electron chi connectivity index (χ3n) is 3.38. The number of fused-ring (bicyclic) bond motifs is 1. The number of nitriles is 1. The third kappa shape index (κ3) is 2.47. The number of hydrogen-bond acceptors (Lipinski definition) is 4. The average Bonchev–Trinajstić information content (AvgIpc) is 2.53. The Hall–Kier alpha value is -2.65. The van der Waals surface area contributed by atoms with Crippen LogP contribution in [0.1, 0.15) is 5.56 Å². The zero-order chi connectivity index (χ0) is 15.7. The van der Waals surface area contributed by atoms with Crippen LogP contribution in [0.5, 0.6) is 11.5 Å². The van der Waals surface area contributed by atoms with Crippen molar-refractivity contribution < 1.29 is 18.3 Å².